The van der Waals surface area contributed by atoms with Gasteiger partial charge in [-0.05, 0) is 65.1 Å². The van der Waals surface area contributed by atoms with Crippen molar-refractivity contribution in [3.8, 4) is 0 Å². The molecule has 0 bridgehead atoms. The predicted octanol–water partition coefficient (Wildman–Crippen LogP) is 6.07. The highest BCUT2D eigenvalue weighted by Crippen LogP contribution is 2.29. The van der Waals surface area contributed by atoms with E-state index in [2.05, 4.69) is 10.6 Å². The molecule has 0 spiro atoms. The van der Waals surface area contributed by atoms with Crippen LogP contribution in [0.2, 0.25) is 5.02 Å². The van der Waals surface area contributed by atoms with E-state index in [1.165, 1.54) is 6.08 Å². The van der Waals surface area contributed by atoms with Crippen LogP contribution in [0.25, 0.3) is 6.08 Å². The number of carboxylic acid groups (broad SMARTS) is 1. The highest BCUT2D eigenvalue weighted by atomic mass is 35.5. The van der Waals surface area contributed by atoms with E-state index in [0.717, 1.165) is 29.8 Å². The fourth-order valence-electron chi connectivity index (χ4n) is 3.60. The van der Waals surface area contributed by atoms with Crippen LogP contribution < -0.4 is 10.6 Å². The van der Waals surface area contributed by atoms with Gasteiger partial charge in [0.05, 0.1) is 5.56 Å². The third-order valence-corrected chi connectivity index (χ3v) is 6.09. The molecule has 3 N–H and O–H groups in total. The zero-order chi connectivity index (χ0) is 28.7. The van der Waals surface area contributed by atoms with Gasteiger partial charge >= 0.3 is 12.1 Å². The van der Waals surface area contributed by atoms with Gasteiger partial charge < -0.3 is 15.7 Å². The van der Waals surface area contributed by atoms with Crippen LogP contribution in [0.4, 0.5) is 13.2 Å². The van der Waals surface area contributed by atoms with Crippen molar-refractivity contribution in [2.45, 2.75) is 38.4 Å². The van der Waals surface area contributed by atoms with Crippen molar-refractivity contribution < 1.29 is 32.7 Å². The van der Waals surface area contributed by atoms with Gasteiger partial charge in [0, 0.05) is 17.0 Å². The lowest BCUT2D eigenvalue weighted by atomic mass is 10.0. The van der Waals surface area contributed by atoms with E-state index in [9.17, 15) is 32.7 Å². The van der Waals surface area contributed by atoms with Crippen LogP contribution in [0.1, 0.15) is 52.4 Å². The molecule has 39 heavy (non-hydrogen) atoms. The van der Waals surface area contributed by atoms with Crippen molar-refractivity contribution in [1.29, 1.82) is 0 Å². The third kappa shape index (κ3) is 8.44. The first kappa shape index (κ1) is 29.4. The van der Waals surface area contributed by atoms with E-state index in [1.807, 2.05) is 26.0 Å². The van der Waals surface area contributed by atoms with Crippen molar-refractivity contribution in [3.63, 3.8) is 0 Å². The number of benzene rings is 3. The zero-order valence-electron chi connectivity index (χ0n) is 21.1. The van der Waals surface area contributed by atoms with Crippen molar-refractivity contribution >= 4 is 35.5 Å². The first-order valence-electron chi connectivity index (χ1n) is 11.9. The highest BCUT2D eigenvalue weighted by Gasteiger charge is 2.30. The van der Waals surface area contributed by atoms with Gasteiger partial charge in [0.15, 0.2) is 0 Å². The number of amides is 2. The average Bonchev–Trinajstić information content (AvgIpc) is 2.88. The molecule has 3 aromatic rings. The average molecular weight is 559 g/mol. The van der Waals surface area contributed by atoms with Gasteiger partial charge in [-0.15, -0.1) is 0 Å². The largest absolute Gasteiger partial charge is 0.480 e. The summed E-state index contributed by atoms with van der Waals surface area (Å²) >= 11 is 5.88. The molecule has 0 aliphatic heterocycles. The quantitative estimate of drug-likeness (QED) is 0.278. The Morgan fingerprint density at radius 2 is 1.51 bits per heavy atom. The molecule has 10 heteroatoms. The summed E-state index contributed by atoms with van der Waals surface area (Å²) in [6.45, 7) is 4.03. The Hall–Kier alpha value is -4.11. The second-order valence-electron chi connectivity index (χ2n) is 9.10. The van der Waals surface area contributed by atoms with Crippen molar-refractivity contribution in [1.82, 2.24) is 10.6 Å². The maximum Gasteiger partial charge on any atom is 0.416 e. The minimum Gasteiger partial charge on any atom is -0.480 e. The molecule has 0 radical (unpaired) electrons. The Kier molecular flexibility index (Phi) is 9.53. The molecule has 2 amide bonds. The van der Waals surface area contributed by atoms with Gasteiger partial charge in [-0.2, -0.15) is 13.2 Å². The number of rotatable bonds is 9. The van der Waals surface area contributed by atoms with Gasteiger partial charge in [-0.25, -0.2) is 4.79 Å². The molecule has 0 heterocycles. The van der Waals surface area contributed by atoms with Crippen molar-refractivity contribution in [2.24, 2.45) is 0 Å². The monoisotopic (exact) mass is 558 g/mol. The number of aliphatic carboxylic acids is 1. The summed E-state index contributed by atoms with van der Waals surface area (Å²) in [6.07, 6.45) is -3.26. The summed E-state index contributed by atoms with van der Waals surface area (Å²) in [4.78, 5) is 38.0. The molecule has 0 saturated heterocycles. The normalized spacial score (nSPS) is 12.6. The van der Waals surface area contributed by atoms with E-state index < -0.39 is 35.6 Å². The number of nitrogens with one attached hydrogen (secondary N) is 2. The fourth-order valence-corrected chi connectivity index (χ4v) is 3.73. The zero-order valence-corrected chi connectivity index (χ0v) is 21.8. The lowest BCUT2D eigenvalue weighted by Gasteiger charge is -2.17. The number of hydrogen-bond donors (Lipinski definition) is 3. The van der Waals surface area contributed by atoms with Crippen LogP contribution in [-0.2, 0) is 22.2 Å². The van der Waals surface area contributed by atoms with E-state index in [4.69, 9.17) is 11.6 Å². The SMILES string of the molecule is CC(C)c1ccc(/C=C(/NC(=O)c2ccc(C(F)(F)F)cc2)C(=O)NC(Cc2ccc(Cl)cc2)C(=O)O)cc1. The molecule has 1 atom stereocenters. The van der Waals surface area contributed by atoms with Crippen LogP contribution in [-0.4, -0.2) is 28.9 Å². The summed E-state index contributed by atoms with van der Waals surface area (Å²) in [5.41, 5.74) is 0.870. The van der Waals surface area contributed by atoms with Crippen LogP contribution >= 0.6 is 11.6 Å². The molecule has 6 nitrogen and oxygen atoms in total. The molecule has 204 valence electrons. The fraction of sp³-hybridized carbons (Fsp3) is 0.207. The number of carbonyl (C=O) groups is 3. The topological polar surface area (TPSA) is 95.5 Å². The molecule has 0 aliphatic carbocycles. The van der Waals surface area contributed by atoms with Gasteiger partial charge in [-0.1, -0.05) is 61.8 Å². The third-order valence-electron chi connectivity index (χ3n) is 5.84. The van der Waals surface area contributed by atoms with Crippen molar-refractivity contribution in [2.75, 3.05) is 0 Å². The van der Waals surface area contributed by atoms with Gasteiger partial charge in [0.2, 0.25) is 0 Å². The molecule has 3 rings (SSSR count). The second-order valence-corrected chi connectivity index (χ2v) is 9.54. The van der Waals surface area contributed by atoms with Gasteiger partial charge in [0.25, 0.3) is 11.8 Å². The van der Waals surface area contributed by atoms with E-state index in [0.29, 0.717) is 16.1 Å². The van der Waals surface area contributed by atoms with E-state index in [1.54, 1.807) is 36.4 Å². The minimum absolute atomic E-state index is 0.0541. The number of carboxylic acids is 1. The lowest BCUT2D eigenvalue weighted by molar-refractivity contribution is -0.141. The first-order chi connectivity index (χ1) is 18.3. The van der Waals surface area contributed by atoms with E-state index >= 15 is 0 Å². The van der Waals surface area contributed by atoms with Crippen LogP contribution in [0.5, 0.6) is 0 Å². The molecular weight excluding hydrogens is 533 g/mol. The maximum absolute atomic E-state index is 13.2. The maximum atomic E-state index is 13.2. The lowest BCUT2D eigenvalue weighted by Crippen LogP contribution is -2.45. The summed E-state index contributed by atoms with van der Waals surface area (Å²) in [7, 11) is 0. The molecule has 0 aromatic heterocycles. The molecule has 0 aliphatic rings. The number of hydrogen-bond acceptors (Lipinski definition) is 3. The summed E-state index contributed by atoms with van der Waals surface area (Å²) in [5, 5.41) is 15.0. The summed E-state index contributed by atoms with van der Waals surface area (Å²) in [5.74, 6) is -2.76. The number of alkyl halides is 3. The Labute approximate surface area is 228 Å². The van der Waals surface area contributed by atoms with Crippen molar-refractivity contribution in [3.05, 3.63) is 111 Å². The second kappa shape index (κ2) is 12.6. The predicted molar refractivity (Wildman–Crippen MR) is 142 cm³/mol. The Morgan fingerprint density at radius 1 is 0.923 bits per heavy atom. The van der Waals surface area contributed by atoms with Crippen LogP contribution in [0.3, 0.4) is 0 Å². The molecule has 0 fully saturated rings. The number of halogens is 4. The standard InChI is InChI=1S/C29H26ClF3N2O4/c1-17(2)20-7-3-18(4-8-20)15-24(34-26(36)21-9-11-22(12-10-21)29(31,32)33)27(37)35-25(28(38)39)16-19-5-13-23(30)14-6-19/h3-15,17,25H,16H2,1-2H3,(H,34,36)(H,35,37)(H,38,39)/b24-15+. The Bertz CT molecular complexity index is 1350. The Balaban J connectivity index is 1.88. The Morgan fingerprint density at radius 3 is 2.03 bits per heavy atom. The molecule has 1 unspecified atom stereocenters. The first-order valence-corrected chi connectivity index (χ1v) is 12.3. The molecular formula is C29H26ClF3N2O4. The molecule has 0 saturated carbocycles. The van der Waals surface area contributed by atoms with Gasteiger partial charge in [-0.3, -0.25) is 9.59 Å². The molecule has 3 aromatic carbocycles. The van der Waals surface area contributed by atoms with E-state index in [-0.39, 0.29) is 23.6 Å². The smallest absolute Gasteiger partial charge is 0.416 e. The minimum atomic E-state index is -4.57. The highest BCUT2D eigenvalue weighted by molar-refractivity contribution is 6.30. The summed E-state index contributed by atoms with van der Waals surface area (Å²) < 4.78 is 38.7. The van der Waals surface area contributed by atoms with Crippen LogP contribution in [0, 0.1) is 0 Å². The van der Waals surface area contributed by atoms with Crippen LogP contribution in [0.15, 0.2) is 78.5 Å². The number of carbonyl (C=O) groups excluding carboxylic acids is 2. The summed E-state index contributed by atoms with van der Waals surface area (Å²) in [6, 6.07) is 15.8. The van der Waals surface area contributed by atoms with Gasteiger partial charge in [0.1, 0.15) is 11.7 Å².